The van der Waals surface area contributed by atoms with Crippen molar-refractivity contribution in [3.63, 3.8) is 0 Å². The zero-order valence-electron chi connectivity index (χ0n) is 16.8. The maximum absolute atomic E-state index is 13.0. The topological polar surface area (TPSA) is 59.7 Å². The van der Waals surface area contributed by atoms with Crippen LogP contribution in [0.15, 0.2) is 35.8 Å². The highest BCUT2D eigenvalue weighted by Crippen LogP contribution is 2.23. The molecule has 0 spiro atoms. The lowest BCUT2D eigenvalue weighted by Gasteiger charge is -2.18. The van der Waals surface area contributed by atoms with E-state index in [0.29, 0.717) is 24.5 Å². The van der Waals surface area contributed by atoms with Crippen molar-refractivity contribution in [3.8, 4) is 5.75 Å². The fraction of sp³-hybridized carbons (Fsp3) is 0.286. The van der Waals surface area contributed by atoms with Gasteiger partial charge in [0.1, 0.15) is 12.4 Å². The summed E-state index contributed by atoms with van der Waals surface area (Å²) >= 11 is 3.25. The number of imidazole rings is 1. The van der Waals surface area contributed by atoms with Gasteiger partial charge >= 0.3 is 0 Å². The maximum atomic E-state index is 13.0. The van der Waals surface area contributed by atoms with Gasteiger partial charge in [0.05, 0.1) is 28.6 Å². The van der Waals surface area contributed by atoms with Crippen molar-refractivity contribution in [2.75, 3.05) is 7.05 Å². The van der Waals surface area contributed by atoms with Crippen LogP contribution in [0.25, 0.3) is 4.96 Å². The number of fused-ring (bicyclic) bond motifs is 1. The minimum atomic E-state index is -0.0544. The molecule has 150 valence electrons. The number of hydrogen-bond acceptors (Lipinski definition) is 6. The lowest BCUT2D eigenvalue weighted by atomic mass is 10.2. The van der Waals surface area contributed by atoms with Crippen molar-refractivity contribution in [2.45, 2.75) is 33.9 Å². The van der Waals surface area contributed by atoms with Crippen LogP contribution in [0.5, 0.6) is 5.75 Å². The standard InChI is InChI=1S/C21H22N4O2S2/c1-13-9-25-19(14(2)22-21(25)29-13)10-24(4)20(26)16-6-5-7-18(8-16)27-11-17-12-28-15(3)23-17/h5-9,12H,10-11H2,1-4H3. The summed E-state index contributed by atoms with van der Waals surface area (Å²) in [6.07, 6.45) is 2.07. The molecule has 0 unspecified atom stereocenters. The number of carbonyl (C=O) groups is 1. The highest BCUT2D eigenvalue weighted by atomic mass is 32.1. The van der Waals surface area contributed by atoms with Gasteiger partial charge in [0, 0.05) is 29.1 Å². The number of aryl methyl sites for hydroxylation is 3. The molecule has 0 saturated carbocycles. The molecule has 1 amide bonds. The van der Waals surface area contributed by atoms with E-state index in [0.717, 1.165) is 27.1 Å². The summed E-state index contributed by atoms with van der Waals surface area (Å²) in [6, 6.07) is 7.29. The second-order valence-corrected chi connectivity index (χ2v) is 9.25. The fourth-order valence-electron chi connectivity index (χ4n) is 3.17. The van der Waals surface area contributed by atoms with Crippen molar-refractivity contribution in [3.05, 3.63) is 68.4 Å². The van der Waals surface area contributed by atoms with Crippen molar-refractivity contribution in [1.29, 1.82) is 0 Å². The zero-order chi connectivity index (χ0) is 20.5. The first-order chi connectivity index (χ1) is 13.9. The largest absolute Gasteiger partial charge is 0.487 e. The third-order valence-corrected chi connectivity index (χ3v) is 6.33. The molecule has 4 aromatic rings. The molecule has 0 aliphatic rings. The molecule has 4 rings (SSSR count). The van der Waals surface area contributed by atoms with E-state index in [9.17, 15) is 4.79 Å². The molecule has 3 aromatic heterocycles. The fourth-order valence-corrected chi connectivity index (χ4v) is 4.65. The van der Waals surface area contributed by atoms with Crippen molar-refractivity contribution >= 4 is 33.5 Å². The first kappa shape index (κ1) is 19.6. The first-order valence-electron chi connectivity index (χ1n) is 9.24. The highest BCUT2D eigenvalue weighted by Gasteiger charge is 2.18. The van der Waals surface area contributed by atoms with E-state index in [1.165, 1.54) is 4.88 Å². The predicted molar refractivity (Wildman–Crippen MR) is 116 cm³/mol. The molecule has 29 heavy (non-hydrogen) atoms. The van der Waals surface area contributed by atoms with Gasteiger partial charge < -0.3 is 9.64 Å². The smallest absolute Gasteiger partial charge is 0.254 e. The van der Waals surface area contributed by atoms with Gasteiger partial charge in [-0.1, -0.05) is 6.07 Å². The molecule has 0 radical (unpaired) electrons. The lowest BCUT2D eigenvalue weighted by molar-refractivity contribution is 0.0782. The number of nitrogens with zero attached hydrogens (tertiary/aromatic N) is 4. The Balaban J connectivity index is 1.47. The quantitative estimate of drug-likeness (QED) is 0.451. The van der Waals surface area contributed by atoms with Gasteiger partial charge in [-0.2, -0.15) is 0 Å². The van der Waals surface area contributed by atoms with Crippen LogP contribution in [0.3, 0.4) is 0 Å². The van der Waals surface area contributed by atoms with Gasteiger partial charge in [0.15, 0.2) is 4.96 Å². The molecule has 0 N–H and O–H groups in total. The number of hydrogen-bond donors (Lipinski definition) is 0. The molecule has 6 nitrogen and oxygen atoms in total. The SMILES string of the molecule is Cc1cn2c(CN(C)C(=O)c3cccc(OCc4csc(C)n4)c3)c(C)nc2s1. The third kappa shape index (κ3) is 4.18. The molecule has 3 heterocycles. The van der Waals surface area contributed by atoms with E-state index in [2.05, 4.69) is 27.5 Å². The number of amides is 1. The van der Waals surface area contributed by atoms with Crippen molar-refractivity contribution in [1.82, 2.24) is 19.3 Å². The number of aromatic nitrogens is 3. The molecule has 1 aromatic carbocycles. The van der Waals surface area contributed by atoms with Gasteiger partial charge in [0.2, 0.25) is 0 Å². The Morgan fingerprint density at radius 2 is 2.07 bits per heavy atom. The van der Waals surface area contributed by atoms with Crippen LogP contribution in [0, 0.1) is 20.8 Å². The Hall–Kier alpha value is -2.71. The molecular weight excluding hydrogens is 404 g/mol. The number of ether oxygens (including phenoxy) is 1. The van der Waals surface area contributed by atoms with Crippen LogP contribution in [0.4, 0.5) is 0 Å². The van der Waals surface area contributed by atoms with Crippen LogP contribution in [-0.2, 0) is 13.2 Å². The molecule has 0 aliphatic carbocycles. The Bertz CT molecular complexity index is 1170. The van der Waals surface area contributed by atoms with Gasteiger partial charge in [-0.3, -0.25) is 9.20 Å². The molecule has 0 atom stereocenters. The van der Waals surface area contributed by atoms with E-state index in [-0.39, 0.29) is 5.91 Å². The summed E-state index contributed by atoms with van der Waals surface area (Å²) in [4.78, 5) is 25.9. The summed E-state index contributed by atoms with van der Waals surface area (Å²) in [6.45, 7) is 6.90. The zero-order valence-corrected chi connectivity index (χ0v) is 18.4. The summed E-state index contributed by atoms with van der Waals surface area (Å²) in [5.74, 6) is 0.604. The van der Waals surface area contributed by atoms with Crippen LogP contribution >= 0.6 is 22.7 Å². The Morgan fingerprint density at radius 1 is 1.24 bits per heavy atom. The Kier molecular flexibility index (Phi) is 5.38. The predicted octanol–water partition coefficient (Wildman–Crippen LogP) is 4.63. The summed E-state index contributed by atoms with van der Waals surface area (Å²) < 4.78 is 7.90. The van der Waals surface area contributed by atoms with Crippen LogP contribution in [0.1, 0.15) is 37.3 Å². The van der Waals surface area contributed by atoms with Gasteiger partial charge in [0.25, 0.3) is 5.91 Å². The molecule has 0 aliphatic heterocycles. The second kappa shape index (κ2) is 7.96. The summed E-state index contributed by atoms with van der Waals surface area (Å²) in [5.41, 5.74) is 3.48. The molecule has 0 saturated heterocycles. The number of benzene rings is 1. The maximum Gasteiger partial charge on any atom is 0.254 e. The minimum Gasteiger partial charge on any atom is -0.487 e. The molecule has 8 heteroatoms. The molecule has 0 fully saturated rings. The average molecular weight is 427 g/mol. The lowest BCUT2D eigenvalue weighted by Crippen LogP contribution is -2.27. The number of thiazole rings is 2. The minimum absolute atomic E-state index is 0.0544. The summed E-state index contributed by atoms with van der Waals surface area (Å²) in [5, 5.41) is 3.00. The van der Waals surface area contributed by atoms with E-state index in [4.69, 9.17) is 4.74 Å². The van der Waals surface area contributed by atoms with E-state index in [1.54, 1.807) is 33.6 Å². The summed E-state index contributed by atoms with van der Waals surface area (Å²) in [7, 11) is 1.81. The highest BCUT2D eigenvalue weighted by molar-refractivity contribution is 7.17. The third-order valence-electron chi connectivity index (χ3n) is 4.61. The normalized spacial score (nSPS) is 11.2. The van der Waals surface area contributed by atoms with Gasteiger partial charge in [-0.25, -0.2) is 9.97 Å². The molecule has 0 bridgehead atoms. The van der Waals surface area contributed by atoms with Crippen LogP contribution in [0.2, 0.25) is 0 Å². The van der Waals surface area contributed by atoms with Gasteiger partial charge in [-0.05, 0) is 39.0 Å². The van der Waals surface area contributed by atoms with Gasteiger partial charge in [-0.15, -0.1) is 22.7 Å². The van der Waals surface area contributed by atoms with E-state index >= 15 is 0 Å². The molecular formula is C21H22N4O2S2. The first-order valence-corrected chi connectivity index (χ1v) is 10.9. The Morgan fingerprint density at radius 3 is 2.83 bits per heavy atom. The monoisotopic (exact) mass is 426 g/mol. The number of carbonyl (C=O) groups excluding carboxylic acids is 1. The average Bonchev–Trinajstić information content (AvgIpc) is 3.35. The Labute approximate surface area is 177 Å². The van der Waals surface area contributed by atoms with E-state index < -0.39 is 0 Å². The van der Waals surface area contributed by atoms with E-state index in [1.807, 2.05) is 44.5 Å². The van der Waals surface area contributed by atoms with Crippen LogP contribution < -0.4 is 4.74 Å². The van der Waals surface area contributed by atoms with Crippen molar-refractivity contribution in [2.24, 2.45) is 0 Å². The number of rotatable bonds is 6. The second-order valence-electron chi connectivity index (χ2n) is 6.97. The van der Waals surface area contributed by atoms with Crippen molar-refractivity contribution < 1.29 is 9.53 Å². The van der Waals surface area contributed by atoms with Crippen LogP contribution in [-0.4, -0.2) is 32.2 Å².